The summed E-state index contributed by atoms with van der Waals surface area (Å²) in [5.74, 6) is 2.17. The van der Waals surface area contributed by atoms with E-state index in [1.165, 1.54) is 36.8 Å². The molecule has 1 saturated heterocycles. The molecule has 3 rings (SSSR count). The Kier molecular flexibility index (Phi) is 6.72. The summed E-state index contributed by atoms with van der Waals surface area (Å²) >= 11 is 0. The molecule has 156 valence electrons. The Morgan fingerprint density at radius 3 is 2.86 bits per heavy atom. The lowest BCUT2D eigenvalue weighted by atomic mass is 9.62. The average Bonchev–Trinajstić information content (AvgIpc) is 2.97. The van der Waals surface area contributed by atoms with Gasteiger partial charge in [-0.25, -0.2) is 0 Å². The highest BCUT2D eigenvalue weighted by Gasteiger charge is 2.49. The molecule has 1 saturated carbocycles. The van der Waals surface area contributed by atoms with Crippen molar-refractivity contribution < 1.29 is 9.84 Å². The second-order valence-electron chi connectivity index (χ2n) is 10.3. The SMILES string of the molecule is C=C1COCC/C1=C/C=C1\C=CC[C@]2(C)[C@@H]([C@H](C)CCCC(C)(C)O)CC[C@@H]12. The molecular weight excluding hydrogens is 344 g/mol. The number of allylic oxidation sites excluding steroid dienone is 5. The van der Waals surface area contributed by atoms with Crippen molar-refractivity contribution in [1.82, 2.24) is 0 Å². The zero-order chi connectivity index (χ0) is 20.4. The first kappa shape index (κ1) is 21.6. The molecule has 2 aliphatic carbocycles. The standard InChI is InChI=1S/C26H40O2/c1-19(8-6-15-25(3,4)27)23-12-13-24-22(9-7-16-26(23,24)5)11-10-21-14-17-28-18-20(21)2/h7,9-11,19,23-24,27H,2,6,8,12-18H2,1,3-5H3/b21-10-,22-11+/t19-,23-,24+,26-/m1/s1. The fraction of sp³-hybridized carbons (Fsp3) is 0.692. The van der Waals surface area contributed by atoms with Crippen LogP contribution in [0.25, 0.3) is 0 Å². The van der Waals surface area contributed by atoms with Gasteiger partial charge in [0.2, 0.25) is 0 Å². The zero-order valence-corrected chi connectivity index (χ0v) is 18.5. The third-order valence-electron chi connectivity index (χ3n) is 7.54. The summed E-state index contributed by atoms with van der Waals surface area (Å²) in [5, 5.41) is 10.0. The third kappa shape index (κ3) is 4.89. The van der Waals surface area contributed by atoms with Gasteiger partial charge in [-0.3, -0.25) is 0 Å². The molecule has 0 amide bonds. The molecule has 1 N–H and O–H groups in total. The van der Waals surface area contributed by atoms with E-state index in [0.29, 0.717) is 17.9 Å². The van der Waals surface area contributed by atoms with E-state index in [-0.39, 0.29) is 0 Å². The first-order valence-electron chi connectivity index (χ1n) is 11.3. The van der Waals surface area contributed by atoms with E-state index in [9.17, 15) is 5.11 Å². The second kappa shape index (κ2) is 8.71. The van der Waals surface area contributed by atoms with Gasteiger partial charge in [0.05, 0.1) is 18.8 Å². The van der Waals surface area contributed by atoms with Crippen molar-refractivity contribution >= 4 is 0 Å². The predicted octanol–water partition coefficient (Wildman–Crippen LogP) is 6.39. The zero-order valence-electron chi connectivity index (χ0n) is 18.5. The lowest BCUT2D eigenvalue weighted by molar-refractivity contribution is 0.0625. The van der Waals surface area contributed by atoms with Crippen molar-refractivity contribution in [2.75, 3.05) is 13.2 Å². The van der Waals surface area contributed by atoms with Crippen molar-refractivity contribution in [3.63, 3.8) is 0 Å². The highest BCUT2D eigenvalue weighted by Crippen LogP contribution is 2.58. The smallest absolute Gasteiger partial charge is 0.0713 e. The Balaban J connectivity index is 1.69. The van der Waals surface area contributed by atoms with E-state index >= 15 is 0 Å². The Labute approximate surface area is 172 Å². The summed E-state index contributed by atoms with van der Waals surface area (Å²) in [6.45, 7) is 14.5. The molecule has 0 aromatic carbocycles. The van der Waals surface area contributed by atoms with Gasteiger partial charge >= 0.3 is 0 Å². The summed E-state index contributed by atoms with van der Waals surface area (Å²) in [7, 11) is 0. The molecule has 2 heteroatoms. The number of rotatable bonds is 6. The summed E-state index contributed by atoms with van der Waals surface area (Å²) < 4.78 is 5.49. The van der Waals surface area contributed by atoms with Crippen LogP contribution in [0.3, 0.4) is 0 Å². The summed E-state index contributed by atoms with van der Waals surface area (Å²) in [6, 6.07) is 0. The molecule has 2 fully saturated rings. The van der Waals surface area contributed by atoms with Crippen LogP contribution in [0, 0.1) is 23.2 Å². The molecule has 0 bridgehead atoms. The van der Waals surface area contributed by atoms with Crippen LogP contribution in [0.2, 0.25) is 0 Å². The van der Waals surface area contributed by atoms with Crippen LogP contribution in [-0.2, 0) is 4.74 Å². The average molecular weight is 385 g/mol. The summed E-state index contributed by atoms with van der Waals surface area (Å²) in [5.41, 5.74) is 3.84. The normalized spacial score (nSPS) is 34.8. The molecule has 0 unspecified atom stereocenters. The van der Waals surface area contributed by atoms with Crippen LogP contribution >= 0.6 is 0 Å². The maximum Gasteiger partial charge on any atom is 0.0713 e. The lowest BCUT2D eigenvalue weighted by Gasteiger charge is -2.42. The fourth-order valence-electron chi connectivity index (χ4n) is 5.88. The van der Waals surface area contributed by atoms with Gasteiger partial charge in [-0.05, 0) is 85.8 Å². The Hall–Kier alpha value is -1.12. The topological polar surface area (TPSA) is 29.5 Å². The Bertz CT molecular complexity index is 660. The molecule has 2 nitrogen and oxygen atoms in total. The number of fused-ring (bicyclic) bond motifs is 1. The molecule has 1 aliphatic heterocycles. The maximum absolute atomic E-state index is 10.0. The van der Waals surface area contributed by atoms with Gasteiger partial charge in [-0.2, -0.15) is 0 Å². The van der Waals surface area contributed by atoms with Gasteiger partial charge in [0.15, 0.2) is 0 Å². The quantitative estimate of drug-likeness (QED) is 0.575. The summed E-state index contributed by atoms with van der Waals surface area (Å²) in [4.78, 5) is 0. The van der Waals surface area contributed by atoms with Crippen LogP contribution in [0.5, 0.6) is 0 Å². The van der Waals surface area contributed by atoms with E-state index in [2.05, 4.69) is 44.7 Å². The first-order valence-corrected chi connectivity index (χ1v) is 11.3. The van der Waals surface area contributed by atoms with Gasteiger partial charge in [-0.1, -0.05) is 57.6 Å². The van der Waals surface area contributed by atoms with Crippen molar-refractivity contribution in [3.8, 4) is 0 Å². The van der Waals surface area contributed by atoms with Crippen molar-refractivity contribution in [2.45, 2.75) is 78.2 Å². The Morgan fingerprint density at radius 1 is 1.36 bits per heavy atom. The van der Waals surface area contributed by atoms with Crippen LogP contribution in [0.1, 0.15) is 72.6 Å². The maximum atomic E-state index is 10.0. The number of aliphatic hydroxyl groups is 1. The third-order valence-corrected chi connectivity index (χ3v) is 7.54. The molecule has 1 heterocycles. The minimum Gasteiger partial charge on any atom is -0.390 e. The lowest BCUT2D eigenvalue weighted by Crippen LogP contribution is -2.34. The minimum absolute atomic E-state index is 0.375. The highest BCUT2D eigenvalue weighted by molar-refractivity contribution is 5.39. The number of hydrogen-bond donors (Lipinski definition) is 1. The summed E-state index contributed by atoms with van der Waals surface area (Å²) in [6.07, 6.45) is 17.5. The second-order valence-corrected chi connectivity index (χ2v) is 10.3. The van der Waals surface area contributed by atoms with Gasteiger partial charge in [0.25, 0.3) is 0 Å². The first-order chi connectivity index (χ1) is 13.2. The van der Waals surface area contributed by atoms with E-state index in [0.717, 1.165) is 43.3 Å². The molecule has 0 spiro atoms. The van der Waals surface area contributed by atoms with E-state index in [1.807, 2.05) is 13.8 Å². The van der Waals surface area contributed by atoms with Crippen LogP contribution in [0.4, 0.5) is 0 Å². The molecule has 0 aromatic heterocycles. The molecule has 0 aromatic rings. The van der Waals surface area contributed by atoms with Crippen molar-refractivity contribution in [3.05, 3.63) is 47.6 Å². The van der Waals surface area contributed by atoms with E-state index in [4.69, 9.17) is 4.74 Å². The minimum atomic E-state index is -0.535. The largest absolute Gasteiger partial charge is 0.390 e. The van der Waals surface area contributed by atoms with Crippen LogP contribution in [-0.4, -0.2) is 23.9 Å². The molecular formula is C26H40O2. The Morgan fingerprint density at radius 2 is 2.14 bits per heavy atom. The van der Waals surface area contributed by atoms with Crippen molar-refractivity contribution in [1.29, 1.82) is 0 Å². The molecule has 28 heavy (non-hydrogen) atoms. The van der Waals surface area contributed by atoms with Crippen molar-refractivity contribution in [2.24, 2.45) is 23.2 Å². The van der Waals surface area contributed by atoms with E-state index < -0.39 is 5.60 Å². The fourth-order valence-corrected chi connectivity index (χ4v) is 5.88. The van der Waals surface area contributed by atoms with Crippen LogP contribution < -0.4 is 0 Å². The van der Waals surface area contributed by atoms with Gasteiger partial charge in [0, 0.05) is 0 Å². The predicted molar refractivity (Wildman–Crippen MR) is 118 cm³/mol. The molecule has 4 atom stereocenters. The van der Waals surface area contributed by atoms with Gasteiger partial charge < -0.3 is 9.84 Å². The van der Waals surface area contributed by atoms with E-state index in [1.54, 1.807) is 0 Å². The molecule has 0 radical (unpaired) electrons. The highest BCUT2D eigenvalue weighted by atomic mass is 16.5. The van der Waals surface area contributed by atoms with Gasteiger partial charge in [-0.15, -0.1) is 0 Å². The number of hydrogen-bond acceptors (Lipinski definition) is 2. The van der Waals surface area contributed by atoms with Crippen LogP contribution in [0.15, 0.2) is 47.6 Å². The molecule has 3 aliphatic rings. The monoisotopic (exact) mass is 384 g/mol. The number of ether oxygens (including phenoxy) is 1. The van der Waals surface area contributed by atoms with Gasteiger partial charge in [0.1, 0.15) is 0 Å².